The van der Waals surface area contributed by atoms with Crippen molar-refractivity contribution in [3.05, 3.63) is 71.2 Å². The normalized spacial score (nSPS) is 15.4. The second kappa shape index (κ2) is 7.68. The predicted molar refractivity (Wildman–Crippen MR) is 123 cm³/mol. The largest absolute Gasteiger partial charge is 0.451 e. The number of aromatic nitrogens is 2. The lowest BCUT2D eigenvalue weighted by Crippen LogP contribution is -2.24. The van der Waals surface area contributed by atoms with Crippen molar-refractivity contribution in [1.82, 2.24) is 9.38 Å². The van der Waals surface area contributed by atoms with E-state index in [0.717, 1.165) is 5.56 Å². The third-order valence-electron chi connectivity index (χ3n) is 5.38. The fourth-order valence-electron chi connectivity index (χ4n) is 3.80. The van der Waals surface area contributed by atoms with E-state index in [1.807, 2.05) is 0 Å². The standard InChI is InChI=1S/C22H19ClN4O4S/c1-14-20(26-11-2-4-17(23)21(26)24-14)25-22(28)19-10-9-18(31-19)15-5-7-16(8-6-15)27-12-3-13-32(27,29)30/h2,4-11H,3,12-13H2,1H3,(H,25,28). The molecule has 1 N–H and O–H groups in total. The maximum atomic E-state index is 12.8. The maximum Gasteiger partial charge on any atom is 0.292 e. The van der Waals surface area contributed by atoms with Crippen molar-refractivity contribution in [3.8, 4) is 11.3 Å². The fraction of sp³-hybridized carbons (Fsp3) is 0.182. The van der Waals surface area contributed by atoms with E-state index >= 15 is 0 Å². The van der Waals surface area contributed by atoms with Gasteiger partial charge in [-0.3, -0.25) is 13.5 Å². The number of anilines is 2. The molecule has 10 heteroatoms. The number of pyridine rings is 1. The number of hydrogen-bond donors (Lipinski definition) is 1. The van der Waals surface area contributed by atoms with Crippen molar-refractivity contribution in [2.24, 2.45) is 0 Å². The number of aryl methyl sites for hydroxylation is 1. The number of carbonyl (C=O) groups is 1. The van der Waals surface area contributed by atoms with E-state index in [1.54, 1.807) is 66.1 Å². The number of hydrogen-bond acceptors (Lipinski definition) is 5. The van der Waals surface area contributed by atoms with Gasteiger partial charge in [-0.2, -0.15) is 0 Å². The molecule has 5 rings (SSSR count). The molecule has 1 saturated heterocycles. The summed E-state index contributed by atoms with van der Waals surface area (Å²) >= 11 is 6.18. The highest BCUT2D eigenvalue weighted by Gasteiger charge is 2.28. The number of carbonyl (C=O) groups excluding carboxylic acids is 1. The number of furan rings is 1. The van der Waals surface area contributed by atoms with E-state index in [-0.39, 0.29) is 11.5 Å². The SMILES string of the molecule is Cc1nc2c(Cl)cccn2c1NC(=O)c1ccc(-c2ccc(N3CCCS3(=O)=O)cc2)o1. The highest BCUT2D eigenvalue weighted by atomic mass is 35.5. The smallest absolute Gasteiger partial charge is 0.292 e. The Morgan fingerprint density at radius 3 is 2.66 bits per heavy atom. The van der Waals surface area contributed by atoms with Crippen LogP contribution in [-0.2, 0) is 10.0 Å². The molecule has 0 bridgehead atoms. The van der Waals surface area contributed by atoms with Crippen molar-refractivity contribution in [2.75, 3.05) is 21.9 Å². The van der Waals surface area contributed by atoms with Crippen LogP contribution in [0.4, 0.5) is 11.5 Å². The van der Waals surface area contributed by atoms with Gasteiger partial charge in [0.15, 0.2) is 11.4 Å². The monoisotopic (exact) mass is 470 g/mol. The molecule has 1 aromatic carbocycles. The van der Waals surface area contributed by atoms with Crippen LogP contribution >= 0.6 is 11.6 Å². The van der Waals surface area contributed by atoms with Crippen molar-refractivity contribution in [2.45, 2.75) is 13.3 Å². The van der Waals surface area contributed by atoms with Crippen LogP contribution in [0.25, 0.3) is 17.0 Å². The molecule has 3 aromatic heterocycles. The summed E-state index contributed by atoms with van der Waals surface area (Å²) in [6.07, 6.45) is 2.39. The molecule has 1 aliphatic heterocycles. The Morgan fingerprint density at radius 1 is 1.16 bits per heavy atom. The number of fused-ring (bicyclic) bond motifs is 1. The quantitative estimate of drug-likeness (QED) is 0.478. The summed E-state index contributed by atoms with van der Waals surface area (Å²) in [5.41, 5.74) is 2.55. The van der Waals surface area contributed by atoms with E-state index in [9.17, 15) is 13.2 Å². The molecule has 32 heavy (non-hydrogen) atoms. The predicted octanol–water partition coefficient (Wildman–Crippen LogP) is 4.35. The Bertz CT molecular complexity index is 1440. The first-order chi connectivity index (χ1) is 15.3. The lowest BCUT2D eigenvalue weighted by molar-refractivity contribution is 0.0997. The topological polar surface area (TPSA) is 96.9 Å². The highest BCUT2D eigenvalue weighted by Crippen LogP contribution is 2.29. The Hall–Kier alpha value is -3.30. The average Bonchev–Trinajstić information content (AvgIpc) is 3.47. The molecule has 0 unspecified atom stereocenters. The average molecular weight is 471 g/mol. The lowest BCUT2D eigenvalue weighted by Gasteiger charge is -2.16. The van der Waals surface area contributed by atoms with Gasteiger partial charge in [0.05, 0.1) is 22.2 Å². The van der Waals surface area contributed by atoms with E-state index in [0.29, 0.717) is 46.6 Å². The maximum absolute atomic E-state index is 12.8. The van der Waals surface area contributed by atoms with Crippen molar-refractivity contribution < 1.29 is 17.6 Å². The molecule has 0 spiro atoms. The van der Waals surface area contributed by atoms with Gasteiger partial charge >= 0.3 is 0 Å². The number of sulfonamides is 1. The summed E-state index contributed by atoms with van der Waals surface area (Å²) in [4.78, 5) is 17.2. The number of benzene rings is 1. The van der Waals surface area contributed by atoms with Crippen molar-refractivity contribution in [3.63, 3.8) is 0 Å². The molecule has 164 valence electrons. The van der Waals surface area contributed by atoms with Gasteiger partial charge in [0.2, 0.25) is 10.0 Å². The number of amides is 1. The molecular weight excluding hydrogens is 452 g/mol. The van der Waals surface area contributed by atoms with Gasteiger partial charge in [-0.25, -0.2) is 13.4 Å². The van der Waals surface area contributed by atoms with Gasteiger partial charge < -0.3 is 9.73 Å². The van der Waals surface area contributed by atoms with Crippen LogP contribution in [-0.4, -0.2) is 36.0 Å². The molecule has 4 aromatic rings. The molecular formula is C22H19ClN4O4S. The van der Waals surface area contributed by atoms with E-state index in [1.165, 1.54) is 4.31 Å². The number of imidazole rings is 1. The van der Waals surface area contributed by atoms with Gasteiger partial charge in [-0.1, -0.05) is 11.6 Å². The molecule has 0 saturated carbocycles. The molecule has 1 aliphatic rings. The van der Waals surface area contributed by atoms with Gasteiger partial charge in [0.1, 0.15) is 11.6 Å². The zero-order valence-corrected chi connectivity index (χ0v) is 18.7. The zero-order chi connectivity index (χ0) is 22.5. The summed E-state index contributed by atoms with van der Waals surface area (Å²) in [6, 6.07) is 13.8. The Labute approximate surface area is 189 Å². The van der Waals surface area contributed by atoms with Crippen molar-refractivity contribution >= 4 is 44.7 Å². The first kappa shape index (κ1) is 20.6. The fourth-order valence-corrected chi connectivity index (χ4v) is 5.57. The highest BCUT2D eigenvalue weighted by molar-refractivity contribution is 7.93. The number of halogens is 1. The number of nitrogens with zero attached hydrogens (tertiary/aromatic N) is 3. The number of nitrogens with one attached hydrogen (secondary N) is 1. The van der Waals surface area contributed by atoms with E-state index in [4.69, 9.17) is 16.0 Å². The van der Waals surface area contributed by atoms with Gasteiger partial charge in [-0.05, 0) is 61.9 Å². The Balaban J connectivity index is 1.37. The van der Waals surface area contributed by atoms with Crippen LogP contribution < -0.4 is 9.62 Å². The molecule has 1 fully saturated rings. The molecule has 0 atom stereocenters. The second-order valence-corrected chi connectivity index (χ2v) is 9.92. The first-order valence-corrected chi connectivity index (χ1v) is 12.0. The Morgan fingerprint density at radius 2 is 1.94 bits per heavy atom. The number of rotatable bonds is 4. The van der Waals surface area contributed by atoms with Crippen LogP contribution in [0.1, 0.15) is 22.7 Å². The van der Waals surface area contributed by atoms with Crippen LogP contribution in [0.5, 0.6) is 0 Å². The third kappa shape index (κ3) is 3.53. The zero-order valence-electron chi connectivity index (χ0n) is 17.1. The minimum absolute atomic E-state index is 0.141. The summed E-state index contributed by atoms with van der Waals surface area (Å²) in [7, 11) is -3.23. The Kier molecular flexibility index (Phi) is 4.94. The van der Waals surface area contributed by atoms with Gasteiger partial charge in [0, 0.05) is 18.3 Å². The second-order valence-electron chi connectivity index (χ2n) is 7.50. The minimum Gasteiger partial charge on any atom is -0.451 e. The lowest BCUT2D eigenvalue weighted by atomic mass is 10.1. The summed E-state index contributed by atoms with van der Waals surface area (Å²) in [5.74, 6) is 0.915. The molecule has 4 heterocycles. The van der Waals surface area contributed by atoms with Crippen LogP contribution in [0, 0.1) is 6.92 Å². The molecule has 0 aliphatic carbocycles. The van der Waals surface area contributed by atoms with Crippen LogP contribution in [0.15, 0.2) is 59.1 Å². The molecule has 1 amide bonds. The minimum atomic E-state index is -3.23. The summed E-state index contributed by atoms with van der Waals surface area (Å²) < 4.78 is 33.1. The molecule has 0 radical (unpaired) electrons. The van der Waals surface area contributed by atoms with Crippen LogP contribution in [0.3, 0.4) is 0 Å². The van der Waals surface area contributed by atoms with E-state index < -0.39 is 15.9 Å². The summed E-state index contributed by atoms with van der Waals surface area (Å²) in [5, 5.41) is 3.32. The summed E-state index contributed by atoms with van der Waals surface area (Å²) in [6.45, 7) is 2.27. The van der Waals surface area contributed by atoms with Crippen molar-refractivity contribution in [1.29, 1.82) is 0 Å². The van der Waals surface area contributed by atoms with Gasteiger partial charge in [0.25, 0.3) is 5.91 Å². The van der Waals surface area contributed by atoms with E-state index in [2.05, 4.69) is 10.3 Å². The third-order valence-corrected chi connectivity index (χ3v) is 7.54. The van der Waals surface area contributed by atoms with Crippen LogP contribution in [0.2, 0.25) is 5.02 Å². The molecule has 8 nitrogen and oxygen atoms in total. The first-order valence-electron chi connectivity index (χ1n) is 9.99. The van der Waals surface area contributed by atoms with Gasteiger partial charge in [-0.15, -0.1) is 0 Å².